The van der Waals surface area contributed by atoms with Crippen molar-refractivity contribution in [1.82, 2.24) is 0 Å². The standard InChI is InChI=1S/C13H20O2/c1-5-7-10(14)13-11(2,3)8-6-9-12(13,4)15-13/h5,7H,6,8-9H2,1-4H3. The Morgan fingerprint density at radius 1 is 1.27 bits per heavy atom. The molecule has 2 fully saturated rings. The fourth-order valence-electron chi connectivity index (χ4n) is 3.35. The summed E-state index contributed by atoms with van der Waals surface area (Å²) in [7, 11) is 0. The number of carbonyl (C=O) groups excluding carboxylic acids is 1. The van der Waals surface area contributed by atoms with Gasteiger partial charge in [0.15, 0.2) is 11.4 Å². The van der Waals surface area contributed by atoms with Gasteiger partial charge in [-0.3, -0.25) is 4.79 Å². The maximum absolute atomic E-state index is 12.2. The molecule has 0 radical (unpaired) electrons. The van der Waals surface area contributed by atoms with E-state index in [0.29, 0.717) is 0 Å². The molecule has 2 atom stereocenters. The first-order chi connectivity index (χ1) is 6.90. The van der Waals surface area contributed by atoms with E-state index in [-0.39, 0.29) is 16.8 Å². The molecule has 1 aliphatic carbocycles. The van der Waals surface area contributed by atoms with Crippen LogP contribution in [0.3, 0.4) is 0 Å². The van der Waals surface area contributed by atoms with E-state index in [2.05, 4.69) is 20.8 Å². The SMILES string of the molecule is CC=CC(=O)C12OC1(C)CCCC2(C)C. The van der Waals surface area contributed by atoms with E-state index >= 15 is 0 Å². The lowest BCUT2D eigenvalue weighted by molar-refractivity contribution is -0.124. The number of fused-ring (bicyclic) bond motifs is 1. The topological polar surface area (TPSA) is 29.6 Å². The molecule has 0 spiro atoms. The van der Waals surface area contributed by atoms with Gasteiger partial charge in [0.1, 0.15) is 5.60 Å². The molecule has 2 rings (SSSR count). The van der Waals surface area contributed by atoms with Crippen LogP contribution in [-0.2, 0) is 9.53 Å². The minimum atomic E-state index is -0.537. The van der Waals surface area contributed by atoms with Gasteiger partial charge in [-0.1, -0.05) is 19.9 Å². The van der Waals surface area contributed by atoms with Crippen molar-refractivity contribution in [1.29, 1.82) is 0 Å². The molecule has 1 heterocycles. The molecular weight excluding hydrogens is 188 g/mol. The van der Waals surface area contributed by atoms with Crippen molar-refractivity contribution in [2.45, 2.75) is 58.2 Å². The second-order valence-corrected chi connectivity index (χ2v) is 5.62. The zero-order valence-electron chi connectivity index (χ0n) is 10.1. The molecule has 2 unspecified atom stereocenters. The monoisotopic (exact) mass is 208 g/mol. The Kier molecular flexibility index (Phi) is 2.13. The first-order valence-corrected chi connectivity index (χ1v) is 5.77. The van der Waals surface area contributed by atoms with Gasteiger partial charge in [0.25, 0.3) is 0 Å². The Bertz CT molecular complexity index is 329. The third-order valence-electron chi connectivity index (χ3n) is 4.16. The first kappa shape index (κ1) is 10.9. The quantitative estimate of drug-likeness (QED) is 0.516. The maximum atomic E-state index is 12.2. The molecule has 1 aliphatic heterocycles. The highest BCUT2D eigenvalue weighted by molar-refractivity contribution is 6.01. The summed E-state index contributed by atoms with van der Waals surface area (Å²) in [4.78, 5) is 12.2. The number of hydrogen-bond acceptors (Lipinski definition) is 2. The summed E-state index contributed by atoms with van der Waals surface area (Å²) in [6, 6.07) is 0. The Hall–Kier alpha value is -0.630. The van der Waals surface area contributed by atoms with Crippen molar-refractivity contribution in [3.63, 3.8) is 0 Å². The van der Waals surface area contributed by atoms with Crippen molar-refractivity contribution < 1.29 is 9.53 Å². The van der Waals surface area contributed by atoms with Gasteiger partial charge in [-0.15, -0.1) is 0 Å². The van der Waals surface area contributed by atoms with Crippen molar-refractivity contribution in [2.75, 3.05) is 0 Å². The van der Waals surface area contributed by atoms with Crippen LogP contribution < -0.4 is 0 Å². The molecule has 0 aromatic carbocycles. The summed E-state index contributed by atoms with van der Waals surface area (Å²) in [5, 5.41) is 0. The van der Waals surface area contributed by atoms with E-state index in [9.17, 15) is 4.79 Å². The van der Waals surface area contributed by atoms with Crippen molar-refractivity contribution in [3.8, 4) is 0 Å². The van der Waals surface area contributed by atoms with Crippen LogP contribution >= 0.6 is 0 Å². The molecular formula is C13H20O2. The second-order valence-electron chi connectivity index (χ2n) is 5.62. The zero-order valence-corrected chi connectivity index (χ0v) is 10.1. The lowest BCUT2D eigenvalue weighted by Gasteiger charge is -2.36. The first-order valence-electron chi connectivity index (χ1n) is 5.77. The average molecular weight is 208 g/mol. The van der Waals surface area contributed by atoms with Crippen LogP contribution in [0.4, 0.5) is 0 Å². The van der Waals surface area contributed by atoms with E-state index in [1.807, 2.05) is 13.0 Å². The Labute approximate surface area is 91.7 Å². The Morgan fingerprint density at radius 3 is 2.47 bits per heavy atom. The van der Waals surface area contributed by atoms with E-state index in [4.69, 9.17) is 4.74 Å². The minimum Gasteiger partial charge on any atom is -0.354 e. The third-order valence-corrected chi connectivity index (χ3v) is 4.16. The third kappa shape index (κ3) is 1.17. The number of ketones is 1. The number of epoxide rings is 1. The summed E-state index contributed by atoms with van der Waals surface area (Å²) in [6.07, 6.45) is 6.72. The van der Waals surface area contributed by atoms with Crippen molar-refractivity contribution in [2.24, 2.45) is 5.41 Å². The fraction of sp³-hybridized carbons (Fsp3) is 0.769. The molecule has 0 aromatic rings. The van der Waals surface area contributed by atoms with Crippen LogP contribution in [0.1, 0.15) is 47.0 Å². The van der Waals surface area contributed by atoms with Gasteiger partial charge >= 0.3 is 0 Å². The number of hydrogen-bond donors (Lipinski definition) is 0. The van der Waals surface area contributed by atoms with Crippen LogP contribution in [0.15, 0.2) is 12.2 Å². The zero-order chi connectivity index (χ0) is 11.3. The highest BCUT2D eigenvalue weighted by Gasteiger charge is 2.77. The maximum Gasteiger partial charge on any atom is 0.190 e. The lowest BCUT2D eigenvalue weighted by atomic mass is 9.62. The molecule has 0 bridgehead atoms. The van der Waals surface area contributed by atoms with E-state index in [1.165, 1.54) is 0 Å². The predicted octanol–water partition coefficient (Wildman–Crippen LogP) is 2.87. The summed E-state index contributed by atoms with van der Waals surface area (Å²) in [6.45, 7) is 8.26. The largest absolute Gasteiger partial charge is 0.354 e. The van der Waals surface area contributed by atoms with Gasteiger partial charge < -0.3 is 4.74 Å². The average Bonchev–Trinajstić information content (AvgIpc) is 2.75. The van der Waals surface area contributed by atoms with Crippen molar-refractivity contribution >= 4 is 5.78 Å². The smallest absolute Gasteiger partial charge is 0.190 e. The lowest BCUT2D eigenvalue weighted by Crippen LogP contribution is -2.47. The number of ether oxygens (including phenoxy) is 1. The number of carbonyl (C=O) groups is 1. The molecule has 0 amide bonds. The molecule has 0 aromatic heterocycles. The highest BCUT2D eigenvalue weighted by Crippen LogP contribution is 2.65. The Balaban J connectivity index is 2.37. The van der Waals surface area contributed by atoms with Gasteiger partial charge in [0, 0.05) is 5.41 Å². The fourth-order valence-corrected chi connectivity index (χ4v) is 3.35. The molecule has 0 N–H and O–H groups in total. The van der Waals surface area contributed by atoms with Gasteiger partial charge in [0.05, 0.1) is 0 Å². The van der Waals surface area contributed by atoms with Crippen LogP contribution in [0.2, 0.25) is 0 Å². The molecule has 1 saturated heterocycles. The number of rotatable bonds is 2. The van der Waals surface area contributed by atoms with Gasteiger partial charge in [0.2, 0.25) is 0 Å². The molecule has 2 aliphatic rings. The summed E-state index contributed by atoms with van der Waals surface area (Å²) < 4.78 is 5.88. The van der Waals surface area contributed by atoms with E-state index < -0.39 is 5.60 Å². The normalized spacial score (nSPS) is 42.7. The van der Waals surface area contributed by atoms with Crippen LogP contribution in [0.25, 0.3) is 0 Å². The van der Waals surface area contributed by atoms with Gasteiger partial charge in [-0.25, -0.2) is 0 Å². The Morgan fingerprint density at radius 2 is 1.93 bits per heavy atom. The predicted molar refractivity (Wildman–Crippen MR) is 59.7 cm³/mol. The molecule has 1 saturated carbocycles. The highest BCUT2D eigenvalue weighted by atomic mass is 16.6. The summed E-state index contributed by atoms with van der Waals surface area (Å²) in [5.41, 5.74) is -0.771. The molecule has 15 heavy (non-hydrogen) atoms. The molecule has 2 heteroatoms. The summed E-state index contributed by atoms with van der Waals surface area (Å²) in [5.74, 6) is 0.150. The van der Waals surface area contributed by atoms with Gasteiger partial charge in [-0.05, 0) is 39.2 Å². The molecule has 2 nitrogen and oxygen atoms in total. The molecule has 84 valence electrons. The van der Waals surface area contributed by atoms with Crippen LogP contribution in [0, 0.1) is 5.41 Å². The van der Waals surface area contributed by atoms with E-state index in [1.54, 1.807) is 6.08 Å². The van der Waals surface area contributed by atoms with Crippen LogP contribution in [0.5, 0.6) is 0 Å². The van der Waals surface area contributed by atoms with Gasteiger partial charge in [-0.2, -0.15) is 0 Å². The van der Waals surface area contributed by atoms with Crippen LogP contribution in [-0.4, -0.2) is 17.0 Å². The second kappa shape index (κ2) is 2.94. The summed E-state index contributed by atoms with van der Waals surface area (Å²) >= 11 is 0. The van der Waals surface area contributed by atoms with E-state index in [0.717, 1.165) is 19.3 Å². The minimum absolute atomic E-state index is 0.0312. The van der Waals surface area contributed by atoms with Crippen molar-refractivity contribution in [3.05, 3.63) is 12.2 Å². The number of allylic oxidation sites excluding steroid dienone is 1.